The van der Waals surface area contributed by atoms with Gasteiger partial charge in [-0.25, -0.2) is 23.1 Å². The van der Waals surface area contributed by atoms with Crippen LogP contribution in [0.2, 0.25) is 0 Å². The first-order valence-corrected chi connectivity index (χ1v) is 8.36. The molecule has 0 fully saturated rings. The van der Waals surface area contributed by atoms with Gasteiger partial charge < -0.3 is 5.32 Å². The summed E-state index contributed by atoms with van der Waals surface area (Å²) in [5.74, 6) is 0.684. The summed E-state index contributed by atoms with van der Waals surface area (Å²) in [7, 11) is -3.41. The highest BCUT2D eigenvalue weighted by atomic mass is 32.2. The predicted octanol–water partition coefficient (Wildman–Crippen LogP) is 1.55. The Balaban J connectivity index is 1.84. The van der Waals surface area contributed by atoms with E-state index < -0.39 is 10.0 Å². The highest BCUT2D eigenvalue weighted by Gasteiger charge is 2.14. The highest BCUT2D eigenvalue weighted by molar-refractivity contribution is 7.91. The van der Waals surface area contributed by atoms with E-state index in [1.165, 1.54) is 17.7 Å². The molecule has 8 heteroatoms. The lowest BCUT2D eigenvalue weighted by Crippen LogP contribution is -2.28. The van der Waals surface area contributed by atoms with Crippen LogP contribution in [0.3, 0.4) is 0 Å². The number of hydrogen-bond acceptors (Lipinski definition) is 6. The van der Waals surface area contributed by atoms with Gasteiger partial charge in [-0.05, 0) is 26.0 Å². The van der Waals surface area contributed by atoms with E-state index in [1.54, 1.807) is 18.2 Å². The fraction of sp³-hybridized carbons (Fsp3) is 0.333. The summed E-state index contributed by atoms with van der Waals surface area (Å²) in [5.41, 5.74) is 0.858. The summed E-state index contributed by atoms with van der Waals surface area (Å²) >= 11 is 1.26. The molecular weight excluding hydrogens is 296 g/mol. The maximum atomic E-state index is 12.0. The standard InChI is InChI=1S/C12H16N4O2S2/c1-9-7-11(15-8-14-9)13-5-6-16-20(17,18)12-4-3-10(2)19-12/h3-4,7-8,16H,5-6H2,1-2H3,(H,13,14,15). The molecule has 0 spiro atoms. The number of sulfonamides is 1. The van der Waals surface area contributed by atoms with Crippen LogP contribution in [0.5, 0.6) is 0 Å². The third-order valence-corrected chi connectivity index (χ3v) is 5.46. The van der Waals surface area contributed by atoms with Crippen LogP contribution in [-0.2, 0) is 10.0 Å². The van der Waals surface area contributed by atoms with Crippen LogP contribution >= 0.6 is 11.3 Å². The van der Waals surface area contributed by atoms with E-state index in [1.807, 2.05) is 13.8 Å². The molecule has 20 heavy (non-hydrogen) atoms. The van der Waals surface area contributed by atoms with Gasteiger partial charge in [0.1, 0.15) is 16.4 Å². The molecule has 0 bridgehead atoms. The minimum atomic E-state index is -3.41. The zero-order chi connectivity index (χ0) is 14.6. The fourth-order valence-electron chi connectivity index (χ4n) is 1.55. The van der Waals surface area contributed by atoms with Gasteiger partial charge in [-0.2, -0.15) is 0 Å². The molecule has 0 aromatic carbocycles. The van der Waals surface area contributed by atoms with Crippen LogP contribution in [0.25, 0.3) is 0 Å². The lowest BCUT2D eigenvalue weighted by molar-refractivity contribution is 0.585. The van der Waals surface area contributed by atoms with Gasteiger partial charge in [-0.1, -0.05) is 0 Å². The first-order chi connectivity index (χ1) is 9.47. The van der Waals surface area contributed by atoms with Gasteiger partial charge >= 0.3 is 0 Å². The minimum Gasteiger partial charge on any atom is -0.369 e. The van der Waals surface area contributed by atoms with E-state index in [0.717, 1.165) is 10.6 Å². The number of thiophene rings is 1. The predicted molar refractivity (Wildman–Crippen MR) is 79.5 cm³/mol. The molecule has 0 atom stereocenters. The number of rotatable bonds is 6. The number of aryl methyl sites for hydroxylation is 2. The SMILES string of the molecule is Cc1cc(NCCNS(=O)(=O)c2ccc(C)s2)ncn1. The van der Waals surface area contributed by atoms with E-state index in [-0.39, 0.29) is 0 Å². The topological polar surface area (TPSA) is 84.0 Å². The van der Waals surface area contributed by atoms with Gasteiger partial charge in [0, 0.05) is 29.7 Å². The van der Waals surface area contributed by atoms with E-state index in [2.05, 4.69) is 20.0 Å². The van der Waals surface area contributed by atoms with Crippen molar-refractivity contribution in [3.05, 3.63) is 35.1 Å². The van der Waals surface area contributed by atoms with Crippen LogP contribution < -0.4 is 10.0 Å². The molecule has 0 radical (unpaired) electrons. The van der Waals surface area contributed by atoms with Crippen molar-refractivity contribution in [3.8, 4) is 0 Å². The molecule has 6 nitrogen and oxygen atoms in total. The maximum absolute atomic E-state index is 12.0. The molecule has 2 aromatic heterocycles. The van der Waals surface area contributed by atoms with Crippen molar-refractivity contribution in [1.82, 2.24) is 14.7 Å². The van der Waals surface area contributed by atoms with E-state index in [0.29, 0.717) is 23.1 Å². The van der Waals surface area contributed by atoms with Crippen LogP contribution in [0, 0.1) is 13.8 Å². The van der Waals surface area contributed by atoms with Crippen molar-refractivity contribution in [2.24, 2.45) is 0 Å². The summed E-state index contributed by atoms with van der Waals surface area (Å²) in [5, 5.41) is 3.04. The smallest absolute Gasteiger partial charge is 0.250 e. The monoisotopic (exact) mass is 312 g/mol. The van der Waals surface area contributed by atoms with Crippen molar-refractivity contribution >= 4 is 27.2 Å². The van der Waals surface area contributed by atoms with Gasteiger partial charge in [-0.3, -0.25) is 0 Å². The zero-order valence-corrected chi connectivity index (χ0v) is 12.9. The largest absolute Gasteiger partial charge is 0.369 e. The van der Waals surface area contributed by atoms with Crippen molar-refractivity contribution < 1.29 is 8.42 Å². The first kappa shape index (κ1) is 14.9. The molecule has 0 saturated heterocycles. The van der Waals surface area contributed by atoms with Crippen LogP contribution in [-0.4, -0.2) is 31.5 Å². The Morgan fingerprint density at radius 1 is 1.20 bits per heavy atom. The Morgan fingerprint density at radius 2 is 2.00 bits per heavy atom. The van der Waals surface area contributed by atoms with Gasteiger partial charge in [0.25, 0.3) is 0 Å². The van der Waals surface area contributed by atoms with E-state index in [4.69, 9.17) is 0 Å². The number of anilines is 1. The molecule has 0 aliphatic rings. The molecule has 0 unspecified atom stereocenters. The number of nitrogens with zero attached hydrogens (tertiary/aromatic N) is 2. The normalized spacial score (nSPS) is 11.5. The average Bonchev–Trinajstić information content (AvgIpc) is 2.82. The van der Waals surface area contributed by atoms with E-state index >= 15 is 0 Å². The van der Waals surface area contributed by atoms with Crippen LogP contribution in [0.15, 0.2) is 28.7 Å². The Hall–Kier alpha value is -1.51. The second-order valence-corrected chi connectivity index (χ2v) is 7.52. The molecular formula is C12H16N4O2S2. The van der Waals surface area contributed by atoms with Crippen molar-refractivity contribution in [3.63, 3.8) is 0 Å². The van der Waals surface area contributed by atoms with Crippen LogP contribution in [0.4, 0.5) is 5.82 Å². The highest BCUT2D eigenvalue weighted by Crippen LogP contribution is 2.19. The zero-order valence-electron chi connectivity index (χ0n) is 11.3. The molecule has 2 N–H and O–H groups in total. The molecule has 0 saturated carbocycles. The Morgan fingerprint density at radius 3 is 2.65 bits per heavy atom. The third kappa shape index (κ3) is 3.99. The van der Waals surface area contributed by atoms with Gasteiger partial charge in [0.05, 0.1) is 0 Å². The van der Waals surface area contributed by atoms with Crippen molar-refractivity contribution in [1.29, 1.82) is 0 Å². The molecule has 108 valence electrons. The summed E-state index contributed by atoms with van der Waals surface area (Å²) in [6.45, 7) is 4.50. The van der Waals surface area contributed by atoms with Gasteiger partial charge in [-0.15, -0.1) is 11.3 Å². The Kier molecular flexibility index (Phi) is 4.69. The Labute approximate surface area is 122 Å². The lowest BCUT2D eigenvalue weighted by atomic mass is 10.4. The van der Waals surface area contributed by atoms with Gasteiger partial charge in [0.2, 0.25) is 10.0 Å². The summed E-state index contributed by atoms with van der Waals surface area (Å²) in [4.78, 5) is 9.00. The number of nitrogens with one attached hydrogen (secondary N) is 2. The second-order valence-electron chi connectivity index (χ2n) is 4.23. The molecule has 0 aliphatic heterocycles. The minimum absolute atomic E-state index is 0.294. The number of aromatic nitrogens is 2. The summed E-state index contributed by atoms with van der Waals surface area (Å²) in [6, 6.07) is 5.21. The Bertz CT molecular complexity index is 682. The van der Waals surface area contributed by atoms with Crippen molar-refractivity contribution in [2.75, 3.05) is 18.4 Å². The molecule has 0 amide bonds. The van der Waals surface area contributed by atoms with Gasteiger partial charge in [0.15, 0.2) is 0 Å². The first-order valence-electron chi connectivity index (χ1n) is 6.06. The lowest BCUT2D eigenvalue weighted by Gasteiger charge is -2.07. The number of hydrogen-bond donors (Lipinski definition) is 2. The molecule has 2 heterocycles. The van der Waals surface area contributed by atoms with E-state index in [9.17, 15) is 8.42 Å². The summed E-state index contributed by atoms with van der Waals surface area (Å²) < 4.78 is 26.8. The third-order valence-electron chi connectivity index (χ3n) is 2.51. The summed E-state index contributed by atoms with van der Waals surface area (Å²) in [6.07, 6.45) is 1.47. The fourth-order valence-corrected chi connectivity index (χ4v) is 3.91. The molecule has 2 aromatic rings. The average molecular weight is 312 g/mol. The second kappa shape index (κ2) is 6.29. The van der Waals surface area contributed by atoms with Crippen LogP contribution in [0.1, 0.15) is 10.6 Å². The molecule has 0 aliphatic carbocycles. The van der Waals surface area contributed by atoms with Crippen molar-refractivity contribution in [2.45, 2.75) is 18.1 Å². The molecule has 2 rings (SSSR count). The maximum Gasteiger partial charge on any atom is 0.250 e. The quantitative estimate of drug-likeness (QED) is 0.791.